The quantitative estimate of drug-likeness (QED) is 0.155. The fraction of sp³-hybridized carbons (Fsp3) is 0. The van der Waals surface area contributed by atoms with Crippen LogP contribution in [-0.4, -0.2) is 29.9 Å². The molecule has 0 aliphatic heterocycles. The first kappa shape index (κ1) is 37.5. The van der Waals surface area contributed by atoms with Gasteiger partial charge in [-0.05, 0) is 69.8 Å². The Kier molecular flexibility index (Phi) is 8.74. The molecule has 0 amide bonds. The molecule has 6 heteroatoms. The van der Waals surface area contributed by atoms with Crippen LogP contribution < -0.4 is 0 Å². The number of hydrogen-bond acceptors (Lipinski definition) is 6. The first-order valence-electron chi connectivity index (χ1n) is 22.1. The van der Waals surface area contributed by atoms with E-state index in [1.807, 2.05) is 61.2 Å². The molecule has 0 fully saturated rings. The second kappa shape index (κ2) is 15.4. The Bertz CT molecular complexity index is 3790. The van der Waals surface area contributed by atoms with E-state index in [1.54, 1.807) is 0 Å². The molecule has 0 spiro atoms. The van der Waals surface area contributed by atoms with Gasteiger partial charge in [-0.25, -0.2) is 9.97 Å². The van der Waals surface area contributed by atoms with Gasteiger partial charge in [0.15, 0.2) is 0 Å². The highest BCUT2D eigenvalue weighted by atomic mass is 14.8. The molecule has 0 saturated carbocycles. The fourth-order valence-corrected chi connectivity index (χ4v) is 9.63. The highest BCUT2D eigenvalue weighted by molar-refractivity contribution is 6.12. The summed E-state index contributed by atoms with van der Waals surface area (Å²) < 4.78 is 0. The molecule has 0 aliphatic rings. The van der Waals surface area contributed by atoms with Crippen LogP contribution in [-0.2, 0) is 0 Å². The van der Waals surface area contributed by atoms with Gasteiger partial charge in [-0.1, -0.05) is 158 Å². The summed E-state index contributed by atoms with van der Waals surface area (Å²) in [5.74, 6) is 0. The van der Waals surface area contributed by atoms with E-state index < -0.39 is 0 Å². The maximum Gasteiger partial charge on any atom is 0.0972 e. The maximum absolute atomic E-state index is 5.14. The molecule has 0 saturated heterocycles. The third kappa shape index (κ3) is 6.26. The third-order valence-electron chi connectivity index (χ3n) is 12.8. The molecule has 6 nitrogen and oxygen atoms in total. The maximum atomic E-state index is 5.14. The molecule has 6 aromatic heterocycles. The van der Waals surface area contributed by atoms with Crippen molar-refractivity contribution in [2.75, 3.05) is 0 Å². The van der Waals surface area contributed by atoms with Crippen LogP contribution in [0.4, 0.5) is 0 Å². The second-order valence-electron chi connectivity index (χ2n) is 16.7. The van der Waals surface area contributed by atoms with E-state index in [0.29, 0.717) is 0 Å². The van der Waals surface area contributed by atoms with Gasteiger partial charge in [0.05, 0.1) is 44.5 Å². The van der Waals surface area contributed by atoms with Crippen molar-refractivity contribution in [2.24, 2.45) is 0 Å². The molecule has 0 N–H and O–H groups in total. The average Bonchev–Trinajstić information content (AvgIpc) is 3.40. The zero-order valence-electron chi connectivity index (χ0n) is 35.5. The van der Waals surface area contributed by atoms with Crippen molar-refractivity contribution in [1.82, 2.24) is 29.9 Å². The Morgan fingerprint density at radius 1 is 0.242 bits per heavy atom. The predicted octanol–water partition coefficient (Wildman–Crippen LogP) is 15.0. The monoisotopic (exact) mass is 840 g/mol. The number of aromatic nitrogens is 6. The lowest BCUT2D eigenvalue weighted by atomic mass is 9.92. The molecule has 66 heavy (non-hydrogen) atoms. The predicted molar refractivity (Wildman–Crippen MR) is 271 cm³/mol. The number of benzene rings is 7. The van der Waals surface area contributed by atoms with Gasteiger partial charge in [0.25, 0.3) is 0 Å². The number of nitrogens with zero attached hydrogens (tertiary/aromatic N) is 6. The van der Waals surface area contributed by atoms with Gasteiger partial charge >= 0.3 is 0 Å². The molecule has 0 atom stereocenters. The van der Waals surface area contributed by atoms with Crippen LogP contribution >= 0.6 is 0 Å². The summed E-state index contributed by atoms with van der Waals surface area (Å²) >= 11 is 0. The Morgan fingerprint density at radius 2 is 0.636 bits per heavy atom. The summed E-state index contributed by atoms with van der Waals surface area (Å²) in [5, 5.41) is 6.27. The lowest BCUT2D eigenvalue weighted by Crippen LogP contribution is -1.93. The number of hydrogen-bond donors (Lipinski definition) is 0. The first-order chi connectivity index (χ1) is 32.7. The highest BCUT2D eigenvalue weighted by Gasteiger charge is 2.18. The normalized spacial score (nSPS) is 11.6. The zero-order valence-corrected chi connectivity index (χ0v) is 35.5. The van der Waals surface area contributed by atoms with Gasteiger partial charge in [-0.2, -0.15) is 0 Å². The molecule has 6 heterocycles. The second-order valence-corrected chi connectivity index (χ2v) is 16.7. The number of pyridine rings is 6. The molecule has 7 aromatic carbocycles. The van der Waals surface area contributed by atoms with E-state index >= 15 is 0 Å². The van der Waals surface area contributed by atoms with Gasteiger partial charge in [0.2, 0.25) is 0 Å². The van der Waals surface area contributed by atoms with E-state index in [-0.39, 0.29) is 0 Å². The highest BCUT2D eigenvalue weighted by Crippen LogP contribution is 2.41. The molecule has 306 valence electrons. The van der Waals surface area contributed by atoms with Crippen LogP contribution in [0.1, 0.15) is 0 Å². The molecule has 13 rings (SSSR count). The molecular formula is C60H36N6. The summed E-state index contributed by atoms with van der Waals surface area (Å²) in [6.45, 7) is 0. The van der Waals surface area contributed by atoms with E-state index in [0.717, 1.165) is 132 Å². The minimum Gasteiger partial charge on any atom is -0.254 e. The Balaban J connectivity index is 0.870. The van der Waals surface area contributed by atoms with Crippen LogP contribution in [0.5, 0.6) is 0 Å². The van der Waals surface area contributed by atoms with E-state index in [4.69, 9.17) is 29.9 Å². The van der Waals surface area contributed by atoms with Crippen LogP contribution in [0.3, 0.4) is 0 Å². The van der Waals surface area contributed by atoms with E-state index in [9.17, 15) is 0 Å². The third-order valence-corrected chi connectivity index (χ3v) is 12.8. The minimum absolute atomic E-state index is 0.865. The summed E-state index contributed by atoms with van der Waals surface area (Å²) in [6, 6.07) is 67.7. The van der Waals surface area contributed by atoms with E-state index in [1.165, 1.54) is 0 Å². The molecule has 0 radical (unpaired) electrons. The van der Waals surface area contributed by atoms with Gasteiger partial charge < -0.3 is 0 Å². The van der Waals surface area contributed by atoms with Crippen LogP contribution in [0.15, 0.2) is 219 Å². The lowest BCUT2D eigenvalue weighted by Gasteiger charge is -2.15. The molecular weight excluding hydrogens is 805 g/mol. The topological polar surface area (TPSA) is 77.3 Å². The minimum atomic E-state index is 0.865. The molecule has 0 aliphatic carbocycles. The zero-order chi connectivity index (χ0) is 43.6. The van der Waals surface area contributed by atoms with Gasteiger partial charge in [-0.15, -0.1) is 0 Å². The standard InChI is InChI=1S/C60H36N6/c1-3-11-37(12-4-1)53-27-23-39-21-25-51-49(29-31-61-59(51)57(39)65-53)47-17-9-7-15-45(47)43-33-41-19-20-42-34-44(36-64-56(42)55(41)63-35-43)46-16-8-10-18-48(46)50-30-32-62-60-52(50)26-22-40-24-28-54(66-58(40)60)38-13-5-2-6-14-38/h1-36H. The number of fused-ring (bicyclic) bond motifs is 9. The molecule has 13 aromatic rings. The van der Waals surface area contributed by atoms with Crippen molar-refractivity contribution in [3.8, 4) is 67.0 Å². The fourth-order valence-electron chi connectivity index (χ4n) is 9.63. The number of rotatable bonds is 6. The smallest absolute Gasteiger partial charge is 0.0972 e. The van der Waals surface area contributed by atoms with E-state index in [2.05, 4.69) is 158 Å². The van der Waals surface area contributed by atoms with Gasteiger partial charge in [0.1, 0.15) is 0 Å². The van der Waals surface area contributed by atoms with Crippen molar-refractivity contribution >= 4 is 65.4 Å². The van der Waals surface area contributed by atoms with Crippen LogP contribution in [0.25, 0.3) is 132 Å². The SMILES string of the molecule is c1ccc(-c2ccc3ccc4c(-c5ccccc5-c5cnc6c(ccc7cc(-c8ccccc8-c8ccnc9c8ccc8ccc(-c%10ccccc%10)nc89)cnc76)c5)ccnc4c3n2)cc1. The largest absolute Gasteiger partial charge is 0.254 e. The van der Waals surface area contributed by atoms with Crippen molar-refractivity contribution < 1.29 is 0 Å². The first-order valence-corrected chi connectivity index (χ1v) is 22.1. The Labute approximate surface area is 379 Å². The summed E-state index contributed by atoms with van der Waals surface area (Å²) in [7, 11) is 0. The lowest BCUT2D eigenvalue weighted by molar-refractivity contribution is 1.36. The summed E-state index contributed by atoms with van der Waals surface area (Å²) in [5.41, 5.74) is 17.9. The van der Waals surface area contributed by atoms with Crippen LogP contribution in [0.2, 0.25) is 0 Å². The average molecular weight is 841 g/mol. The van der Waals surface area contributed by atoms with Crippen molar-refractivity contribution in [2.45, 2.75) is 0 Å². The van der Waals surface area contributed by atoms with Gasteiger partial charge in [-0.3, -0.25) is 19.9 Å². The van der Waals surface area contributed by atoms with Crippen molar-refractivity contribution in [1.29, 1.82) is 0 Å². The van der Waals surface area contributed by atoms with Crippen LogP contribution in [0, 0.1) is 0 Å². The van der Waals surface area contributed by atoms with Gasteiger partial charge in [0, 0.05) is 79.4 Å². The molecule has 0 bridgehead atoms. The Morgan fingerprint density at radius 3 is 1.09 bits per heavy atom. The summed E-state index contributed by atoms with van der Waals surface area (Å²) in [6.07, 6.45) is 7.75. The van der Waals surface area contributed by atoms with Crippen molar-refractivity contribution in [3.63, 3.8) is 0 Å². The van der Waals surface area contributed by atoms with Crippen molar-refractivity contribution in [3.05, 3.63) is 219 Å². The molecule has 0 unspecified atom stereocenters. The Hall–Kier alpha value is -9.00. The summed E-state index contributed by atoms with van der Waals surface area (Å²) in [4.78, 5) is 30.3.